The average Bonchev–Trinajstić information content (AvgIpc) is 2.98. The van der Waals surface area contributed by atoms with E-state index in [9.17, 15) is 18.0 Å². The molecule has 0 saturated carbocycles. The lowest BCUT2D eigenvalue weighted by Gasteiger charge is -2.34. The van der Waals surface area contributed by atoms with E-state index in [4.69, 9.17) is 0 Å². The van der Waals surface area contributed by atoms with Crippen LogP contribution < -0.4 is 9.62 Å². The molecule has 0 aliphatic rings. The SMILES string of the molecule is CNC(=O)[C@H](Cc1ccccc1)N(Cc1ccccc1C)C(=O)CN(c1cc(C)cc(C)c1)S(=O)(=O)c1ccccc1. The summed E-state index contributed by atoms with van der Waals surface area (Å²) < 4.78 is 29.3. The van der Waals surface area contributed by atoms with Gasteiger partial charge in [0.15, 0.2) is 0 Å². The lowest BCUT2D eigenvalue weighted by atomic mass is 10.0. The van der Waals surface area contributed by atoms with Crippen LogP contribution in [0.2, 0.25) is 0 Å². The number of nitrogens with one attached hydrogen (secondary N) is 1. The van der Waals surface area contributed by atoms with Gasteiger partial charge in [0.1, 0.15) is 12.6 Å². The molecule has 0 aliphatic heterocycles. The van der Waals surface area contributed by atoms with Crippen molar-refractivity contribution in [2.45, 2.75) is 44.7 Å². The Hall–Kier alpha value is -4.43. The van der Waals surface area contributed by atoms with Crippen LogP contribution in [0.1, 0.15) is 27.8 Å². The van der Waals surface area contributed by atoms with Crippen molar-refractivity contribution in [1.82, 2.24) is 10.2 Å². The molecular weight excluding hydrogens is 546 g/mol. The van der Waals surface area contributed by atoms with Gasteiger partial charge in [0.05, 0.1) is 10.6 Å². The van der Waals surface area contributed by atoms with Crippen molar-refractivity contribution in [3.05, 3.63) is 131 Å². The Morgan fingerprint density at radius 3 is 1.95 bits per heavy atom. The fourth-order valence-corrected chi connectivity index (χ4v) is 6.45. The van der Waals surface area contributed by atoms with Gasteiger partial charge in [0.25, 0.3) is 10.0 Å². The quantitative estimate of drug-likeness (QED) is 0.263. The highest BCUT2D eigenvalue weighted by molar-refractivity contribution is 7.92. The third-order valence-electron chi connectivity index (χ3n) is 7.22. The van der Waals surface area contributed by atoms with Crippen molar-refractivity contribution in [2.24, 2.45) is 0 Å². The predicted molar refractivity (Wildman–Crippen MR) is 167 cm³/mol. The number of nitrogens with zero attached hydrogens (tertiary/aromatic N) is 2. The maximum absolute atomic E-state index is 14.4. The third kappa shape index (κ3) is 7.25. The van der Waals surface area contributed by atoms with E-state index in [0.717, 1.165) is 32.1 Å². The topological polar surface area (TPSA) is 86.8 Å². The summed E-state index contributed by atoms with van der Waals surface area (Å²) >= 11 is 0. The standard InChI is InChI=1S/C34H37N3O4S/c1-25-19-26(2)21-30(20-25)37(42(40,41)31-17-9-6-10-18-31)24-33(38)36(23-29-16-12-11-13-27(29)3)32(34(39)35-4)22-28-14-7-5-8-15-28/h5-21,32H,22-24H2,1-4H3,(H,35,39)/t32-/m0/s1. The van der Waals surface area contributed by atoms with E-state index in [-0.39, 0.29) is 23.8 Å². The zero-order valence-electron chi connectivity index (χ0n) is 24.4. The molecule has 218 valence electrons. The molecule has 1 N–H and O–H groups in total. The van der Waals surface area contributed by atoms with Crippen LogP contribution >= 0.6 is 0 Å². The van der Waals surface area contributed by atoms with Crippen LogP contribution in [0.15, 0.2) is 108 Å². The Labute approximate surface area is 248 Å². The average molecular weight is 584 g/mol. The van der Waals surface area contributed by atoms with Crippen LogP contribution in [-0.4, -0.2) is 44.8 Å². The van der Waals surface area contributed by atoms with Gasteiger partial charge >= 0.3 is 0 Å². The molecule has 4 aromatic rings. The van der Waals surface area contributed by atoms with E-state index in [1.807, 2.05) is 81.4 Å². The maximum atomic E-state index is 14.4. The smallest absolute Gasteiger partial charge is 0.264 e. The van der Waals surface area contributed by atoms with Gasteiger partial charge in [-0.1, -0.05) is 78.9 Å². The summed E-state index contributed by atoms with van der Waals surface area (Å²) in [5, 5.41) is 2.71. The number of aryl methyl sites for hydroxylation is 3. The molecule has 8 heteroatoms. The summed E-state index contributed by atoms with van der Waals surface area (Å²) in [6.07, 6.45) is 0.271. The number of rotatable bonds is 11. The molecule has 1 atom stereocenters. The van der Waals surface area contributed by atoms with Crippen molar-refractivity contribution in [3.8, 4) is 0 Å². The second-order valence-electron chi connectivity index (χ2n) is 10.4. The number of benzene rings is 4. The number of anilines is 1. The molecule has 0 radical (unpaired) electrons. The van der Waals surface area contributed by atoms with Gasteiger partial charge < -0.3 is 10.2 Å². The molecular formula is C34H37N3O4S. The van der Waals surface area contributed by atoms with Gasteiger partial charge in [-0.15, -0.1) is 0 Å². The zero-order chi connectivity index (χ0) is 30.3. The highest BCUT2D eigenvalue weighted by Gasteiger charge is 2.34. The molecule has 7 nitrogen and oxygen atoms in total. The van der Waals surface area contributed by atoms with E-state index in [0.29, 0.717) is 5.69 Å². The molecule has 0 fully saturated rings. The molecule has 2 amide bonds. The van der Waals surface area contributed by atoms with Gasteiger partial charge in [0.2, 0.25) is 11.8 Å². The number of likely N-dealkylation sites (N-methyl/N-ethyl adjacent to an activating group) is 1. The van der Waals surface area contributed by atoms with Crippen LogP contribution in [0.25, 0.3) is 0 Å². The number of hydrogen-bond donors (Lipinski definition) is 1. The monoisotopic (exact) mass is 583 g/mol. The Bertz CT molecular complexity index is 1620. The van der Waals surface area contributed by atoms with Crippen LogP contribution in [0, 0.1) is 20.8 Å². The summed E-state index contributed by atoms with van der Waals surface area (Å²) in [7, 11) is -2.58. The lowest BCUT2D eigenvalue weighted by molar-refractivity contribution is -0.139. The van der Waals surface area contributed by atoms with Crippen LogP contribution in [0.4, 0.5) is 5.69 Å². The van der Waals surface area contributed by atoms with E-state index in [1.54, 1.807) is 37.4 Å². The van der Waals surface area contributed by atoms with E-state index in [1.165, 1.54) is 17.0 Å². The summed E-state index contributed by atoms with van der Waals surface area (Å²) in [4.78, 5) is 29.3. The molecule has 0 unspecified atom stereocenters. The number of carbonyl (C=O) groups excluding carboxylic acids is 2. The number of amides is 2. The molecule has 0 bridgehead atoms. The molecule has 0 heterocycles. The first kappa shape index (κ1) is 30.5. The first-order valence-electron chi connectivity index (χ1n) is 13.9. The summed E-state index contributed by atoms with van der Waals surface area (Å²) in [5.41, 5.74) is 4.85. The van der Waals surface area contributed by atoms with Gasteiger partial charge in [0, 0.05) is 20.0 Å². The van der Waals surface area contributed by atoms with Crippen molar-refractivity contribution in [3.63, 3.8) is 0 Å². The molecule has 0 spiro atoms. The number of carbonyl (C=O) groups is 2. The Morgan fingerprint density at radius 1 is 0.786 bits per heavy atom. The van der Waals surface area contributed by atoms with Crippen LogP contribution in [0.5, 0.6) is 0 Å². The Balaban J connectivity index is 1.81. The summed E-state index contributed by atoms with van der Waals surface area (Å²) in [6, 6.07) is 29.8. The van der Waals surface area contributed by atoms with Crippen molar-refractivity contribution in [2.75, 3.05) is 17.9 Å². The van der Waals surface area contributed by atoms with Gasteiger partial charge in [-0.25, -0.2) is 8.42 Å². The minimum atomic E-state index is -4.12. The predicted octanol–water partition coefficient (Wildman–Crippen LogP) is 5.19. The molecule has 4 aromatic carbocycles. The van der Waals surface area contributed by atoms with E-state index >= 15 is 0 Å². The van der Waals surface area contributed by atoms with Gasteiger partial charge in [-0.3, -0.25) is 13.9 Å². The first-order valence-corrected chi connectivity index (χ1v) is 15.3. The van der Waals surface area contributed by atoms with Crippen LogP contribution in [-0.2, 0) is 32.6 Å². The summed E-state index contributed by atoms with van der Waals surface area (Å²) in [6.45, 7) is 5.39. The van der Waals surface area contributed by atoms with E-state index < -0.39 is 28.5 Å². The molecule has 0 aliphatic carbocycles. The van der Waals surface area contributed by atoms with Gasteiger partial charge in [-0.05, 0) is 72.9 Å². The van der Waals surface area contributed by atoms with Gasteiger partial charge in [-0.2, -0.15) is 0 Å². The number of hydrogen-bond acceptors (Lipinski definition) is 4. The second kappa shape index (κ2) is 13.5. The number of sulfonamides is 1. The van der Waals surface area contributed by atoms with E-state index in [2.05, 4.69) is 5.32 Å². The molecule has 42 heavy (non-hydrogen) atoms. The first-order chi connectivity index (χ1) is 20.1. The highest BCUT2D eigenvalue weighted by Crippen LogP contribution is 2.27. The van der Waals surface area contributed by atoms with Crippen molar-refractivity contribution < 1.29 is 18.0 Å². The maximum Gasteiger partial charge on any atom is 0.264 e. The summed E-state index contributed by atoms with van der Waals surface area (Å²) in [5.74, 6) is -0.814. The minimum Gasteiger partial charge on any atom is -0.357 e. The van der Waals surface area contributed by atoms with Crippen LogP contribution in [0.3, 0.4) is 0 Å². The largest absolute Gasteiger partial charge is 0.357 e. The van der Waals surface area contributed by atoms with Crippen molar-refractivity contribution in [1.29, 1.82) is 0 Å². The lowest BCUT2D eigenvalue weighted by Crippen LogP contribution is -2.53. The Morgan fingerprint density at radius 2 is 1.36 bits per heavy atom. The zero-order valence-corrected chi connectivity index (χ0v) is 25.3. The minimum absolute atomic E-state index is 0.0783. The Kier molecular flexibility index (Phi) is 9.80. The second-order valence-corrected chi connectivity index (χ2v) is 12.3. The fraction of sp³-hybridized carbons (Fsp3) is 0.235. The third-order valence-corrected chi connectivity index (χ3v) is 9.01. The highest BCUT2D eigenvalue weighted by atomic mass is 32.2. The molecule has 4 rings (SSSR count). The van der Waals surface area contributed by atoms with Crippen molar-refractivity contribution >= 4 is 27.5 Å². The molecule has 0 saturated heterocycles. The molecule has 0 aromatic heterocycles. The fourth-order valence-electron chi connectivity index (χ4n) is 5.03. The normalized spacial score (nSPS) is 11.9.